The summed E-state index contributed by atoms with van der Waals surface area (Å²) >= 11 is 1.43. The van der Waals surface area contributed by atoms with Crippen LogP contribution in [-0.4, -0.2) is 58.9 Å². The van der Waals surface area contributed by atoms with Gasteiger partial charge in [-0.25, -0.2) is 4.79 Å². The van der Waals surface area contributed by atoms with Crippen molar-refractivity contribution in [2.24, 2.45) is 5.73 Å². The van der Waals surface area contributed by atoms with Crippen LogP contribution >= 0.6 is 11.8 Å². The molecule has 3 N–H and O–H groups in total. The van der Waals surface area contributed by atoms with Gasteiger partial charge in [0, 0.05) is 0 Å². The van der Waals surface area contributed by atoms with E-state index in [1.165, 1.54) is 27.5 Å². The van der Waals surface area contributed by atoms with E-state index in [0.29, 0.717) is 6.42 Å². The number of primary amides is 1. The van der Waals surface area contributed by atoms with E-state index < -0.39 is 22.7 Å². The molecular weight excluding hydrogens is 298 g/mol. The van der Waals surface area contributed by atoms with Gasteiger partial charge in [-0.3, -0.25) is 14.3 Å². The molecule has 0 radical (unpaired) electrons. The Morgan fingerprint density at radius 3 is 2.86 bits per heavy atom. The predicted octanol–water partition coefficient (Wildman–Crippen LogP) is -1.11. The van der Waals surface area contributed by atoms with Crippen LogP contribution in [0.2, 0.25) is 0 Å². The minimum atomic E-state index is -1.05. The molecule has 3 unspecified atom stereocenters. The van der Waals surface area contributed by atoms with E-state index in [0.717, 1.165) is 0 Å². The SMILES string of the molecule is CC1(Cn2cc(C(N)=O)nn2)SC2CC(=O)N2C1C(=O)O. The molecule has 3 rings (SSSR count). The lowest BCUT2D eigenvalue weighted by atomic mass is 9.96. The fourth-order valence-electron chi connectivity index (χ4n) is 2.79. The van der Waals surface area contributed by atoms with Crippen molar-refractivity contribution in [3.05, 3.63) is 11.9 Å². The molecule has 2 saturated heterocycles. The first kappa shape index (κ1) is 13.9. The highest BCUT2D eigenvalue weighted by atomic mass is 32.2. The fraction of sp³-hybridized carbons (Fsp3) is 0.545. The first-order chi connectivity index (χ1) is 9.82. The Morgan fingerprint density at radius 1 is 1.62 bits per heavy atom. The Morgan fingerprint density at radius 2 is 2.33 bits per heavy atom. The number of nitrogens with two attached hydrogens (primary N) is 1. The summed E-state index contributed by atoms with van der Waals surface area (Å²) in [5.74, 6) is -1.89. The lowest BCUT2D eigenvalue weighted by Gasteiger charge is -2.36. The minimum Gasteiger partial charge on any atom is -0.480 e. The van der Waals surface area contributed by atoms with Gasteiger partial charge in [-0.05, 0) is 6.92 Å². The minimum absolute atomic E-state index is 0.0211. The predicted molar refractivity (Wildman–Crippen MR) is 71.2 cm³/mol. The molecule has 2 aliphatic heterocycles. The third-order valence-electron chi connectivity index (χ3n) is 3.71. The van der Waals surface area contributed by atoms with Crippen LogP contribution in [-0.2, 0) is 16.1 Å². The Labute approximate surface area is 123 Å². The average Bonchev–Trinajstić information content (AvgIpc) is 2.91. The maximum Gasteiger partial charge on any atom is 0.327 e. The molecule has 0 spiro atoms. The second kappa shape index (κ2) is 4.45. The van der Waals surface area contributed by atoms with E-state index in [1.807, 2.05) is 0 Å². The van der Waals surface area contributed by atoms with Gasteiger partial charge in [0.15, 0.2) is 5.69 Å². The quantitative estimate of drug-likeness (QED) is 0.674. The van der Waals surface area contributed by atoms with E-state index >= 15 is 0 Å². The number of hydrogen-bond acceptors (Lipinski definition) is 6. The molecule has 10 heteroatoms. The molecule has 3 atom stereocenters. The molecule has 0 saturated carbocycles. The maximum atomic E-state index is 11.6. The van der Waals surface area contributed by atoms with Crippen LogP contribution in [0.4, 0.5) is 0 Å². The van der Waals surface area contributed by atoms with Crippen molar-refractivity contribution in [3.63, 3.8) is 0 Å². The number of rotatable bonds is 4. The van der Waals surface area contributed by atoms with Crippen molar-refractivity contribution in [1.29, 1.82) is 0 Å². The highest BCUT2D eigenvalue weighted by Crippen LogP contribution is 2.51. The van der Waals surface area contributed by atoms with Crippen molar-refractivity contribution >= 4 is 29.5 Å². The lowest BCUT2D eigenvalue weighted by Crippen LogP contribution is -2.58. The number of nitrogens with zero attached hydrogens (tertiary/aromatic N) is 4. The van der Waals surface area contributed by atoms with Crippen LogP contribution in [0, 0.1) is 0 Å². The van der Waals surface area contributed by atoms with Crippen molar-refractivity contribution in [3.8, 4) is 0 Å². The van der Waals surface area contributed by atoms with Gasteiger partial charge in [-0.2, -0.15) is 0 Å². The second-order valence-corrected chi connectivity index (χ2v) is 7.01. The molecule has 2 fully saturated rings. The smallest absolute Gasteiger partial charge is 0.327 e. The highest BCUT2D eigenvalue weighted by molar-refractivity contribution is 8.01. The van der Waals surface area contributed by atoms with E-state index in [9.17, 15) is 19.5 Å². The van der Waals surface area contributed by atoms with Gasteiger partial charge >= 0.3 is 5.97 Å². The van der Waals surface area contributed by atoms with Crippen molar-refractivity contribution in [1.82, 2.24) is 19.9 Å². The summed E-state index contributed by atoms with van der Waals surface area (Å²) in [6.45, 7) is 1.99. The van der Waals surface area contributed by atoms with Gasteiger partial charge in [0.2, 0.25) is 5.91 Å². The Kier molecular flexibility index (Phi) is 2.94. The standard InChI is InChI=1S/C11H13N5O4S/c1-11(4-15-3-5(9(12)18)13-14-15)8(10(19)20)16-6(17)2-7(16)21-11/h3,7-8H,2,4H2,1H3,(H2,12,18)(H,19,20). The van der Waals surface area contributed by atoms with Gasteiger partial charge < -0.3 is 15.7 Å². The normalized spacial score (nSPS) is 30.9. The summed E-state index contributed by atoms with van der Waals surface area (Å²) in [5, 5.41) is 16.7. The van der Waals surface area contributed by atoms with Gasteiger partial charge in [0.05, 0.1) is 29.3 Å². The zero-order chi connectivity index (χ0) is 15.4. The lowest BCUT2D eigenvalue weighted by molar-refractivity contribution is -0.157. The van der Waals surface area contributed by atoms with E-state index in [2.05, 4.69) is 10.3 Å². The van der Waals surface area contributed by atoms with Crippen LogP contribution in [0.3, 0.4) is 0 Å². The number of carboxylic acids is 1. The Hall–Kier alpha value is -2.10. The number of aromatic nitrogens is 3. The summed E-state index contributed by atoms with van der Waals surface area (Å²) in [5.41, 5.74) is 5.13. The number of hydrogen-bond donors (Lipinski definition) is 2. The topological polar surface area (TPSA) is 131 Å². The molecule has 9 nitrogen and oxygen atoms in total. The molecule has 0 bridgehead atoms. The summed E-state index contributed by atoms with van der Waals surface area (Å²) < 4.78 is 0.644. The van der Waals surface area contributed by atoms with Gasteiger partial charge in [0.25, 0.3) is 5.91 Å². The molecule has 0 aromatic carbocycles. The number of thioether (sulfide) groups is 1. The number of carbonyl (C=O) groups excluding carboxylic acids is 2. The zero-order valence-corrected chi connectivity index (χ0v) is 11.9. The molecule has 0 aliphatic carbocycles. The summed E-state index contributed by atoms with van der Waals surface area (Å²) in [4.78, 5) is 35.6. The van der Waals surface area contributed by atoms with Crippen LogP contribution in [0.1, 0.15) is 23.8 Å². The zero-order valence-electron chi connectivity index (χ0n) is 11.1. The average molecular weight is 311 g/mol. The van der Waals surface area contributed by atoms with Crippen LogP contribution in [0.15, 0.2) is 6.20 Å². The number of fused-ring (bicyclic) bond motifs is 1. The van der Waals surface area contributed by atoms with Gasteiger partial charge in [-0.15, -0.1) is 16.9 Å². The molecule has 2 amide bonds. The van der Waals surface area contributed by atoms with Gasteiger partial charge in [0.1, 0.15) is 6.04 Å². The fourth-order valence-corrected chi connectivity index (χ4v) is 4.54. The number of carbonyl (C=O) groups is 3. The first-order valence-corrected chi connectivity index (χ1v) is 7.11. The number of aliphatic carboxylic acids is 1. The van der Waals surface area contributed by atoms with E-state index in [-0.39, 0.29) is 23.5 Å². The summed E-state index contributed by atoms with van der Waals surface area (Å²) in [7, 11) is 0. The largest absolute Gasteiger partial charge is 0.480 e. The van der Waals surface area contributed by atoms with Crippen LogP contribution in [0.25, 0.3) is 0 Å². The molecule has 2 aliphatic rings. The molecule has 1 aromatic rings. The summed E-state index contributed by atoms with van der Waals surface area (Å²) in [6, 6.07) is -0.921. The number of β-lactam (4-membered cyclic amide) rings is 1. The van der Waals surface area contributed by atoms with Gasteiger partial charge in [-0.1, -0.05) is 5.21 Å². The Bertz CT molecular complexity index is 646. The summed E-state index contributed by atoms with van der Waals surface area (Å²) in [6.07, 6.45) is 1.73. The number of carboxylic acid groups (broad SMARTS) is 1. The first-order valence-electron chi connectivity index (χ1n) is 6.23. The van der Waals surface area contributed by atoms with E-state index in [1.54, 1.807) is 6.92 Å². The molecular formula is C11H13N5O4S. The second-order valence-electron chi connectivity index (χ2n) is 5.30. The highest BCUT2D eigenvalue weighted by Gasteiger charge is 2.60. The molecule has 1 aromatic heterocycles. The van der Waals surface area contributed by atoms with Crippen molar-refractivity contribution < 1.29 is 19.5 Å². The third kappa shape index (κ3) is 2.06. The monoisotopic (exact) mass is 311 g/mol. The van der Waals surface area contributed by atoms with E-state index in [4.69, 9.17) is 5.73 Å². The third-order valence-corrected chi connectivity index (χ3v) is 5.27. The molecule has 3 heterocycles. The molecule has 21 heavy (non-hydrogen) atoms. The van der Waals surface area contributed by atoms with Crippen molar-refractivity contribution in [2.75, 3.05) is 0 Å². The maximum absolute atomic E-state index is 11.6. The van der Waals surface area contributed by atoms with Crippen LogP contribution < -0.4 is 5.73 Å². The number of amides is 2. The molecule has 112 valence electrons. The Balaban J connectivity index is 1.86. The van der Waals surface area contributed by atoms with Crippen molar-refractivity contribution in [2.45, 2.75) is 36.1 Å². The van der Waals surface area contributed by atoms with Crippen LogP contribution in [0.5, 0.6) is 0 Å².